The summed E-state index contributed by atoms with van der Waals surface area (Å²) in [6.45, 7) is 0.540. The highest BCUT2D eigenvalue weighted by Crippen LogP contribution is 2.31. The molecule has 0 bridgehead atoms. The Morgan fingerprint density at radius 2 is 1.31 bits per heavy atom. The molecule has 0 spiro atoms. The summed E-state index contributed by atoms with van der Waals surface area (Å²) < 4.78 is 11.7. The third-order valence-electron chi connectivity index (χ3n) is 4.89. The first-order valence-corrected chi connectivity index (χ1v) is 8.97. The summed E-state index contributed by atoms with van der Waals surface area (Å²) in [5, 5.41) is 30.7. The van der Waals surface area contributed by atoms with Crippen molar-refractivity contribution in [3.63, 3.8) is 0 Å². The van der Waals surface area contributed by atoms with Crippen LogP contribution in [-0.2, 0) is 22.7 Å². The normalized spacial score (nSPS) is 28.8. The van der Waals surface area contributed by atoms with Crippen LogP contribution in [0, 0.1) is 5.92 Å². The van der Waals surface area contributed by atoms with Gasteiger partial charge in [-0.2, -0.15) is 0 Å². The fourth-order valence-electron chi connectivity index (χ4n) is 3.39. The van der Waals surface area contributed by atoms with E-state index in [1.807, 2.05) is 60.7 Å². The summed E-state index contributed by atoms with van der Waals surface area (Å²) >= 11 is 0. The number of ether oxygens (including phenoxy) is 2. The molecule has 0 unspecified atom stereocenters. The zero-order chi connectivity index (χ0) is 18.4. The number of aliphatic hydroxyl groups excluding tert-OH is 3. The van der Waals surface area contributed by atoms with Gasteiger partial charge in [0.15, 0.2) is 0 Å². The quantitative estimate of drug-likeness (QED) is 0.704. The molecule has 0 aliphatic heterocycles. The molecule has 0 radical (unpaired) electrons. The Morgan fingerprint density at radius 3 is 1.85 bits per heavy atom. The van der Waals surface area contributed by atoms with Crippen molar-refractivity contribution in [3.8, 4) is 0 Å². The number of hydrogen-bond acceptors (Lipinski definition) is 5. The van der Waals surface area contributed by atoms with E-state index in [9.17, 15) is 15.3 Å². The van der Waals surface area contributed by atoms with Crippen LogP contribution >= 0.6 is 0 Å². The van der Waals surface area contributed by atoms with Crippen LogP contribution in [0.25, 0.3) is 0 Å². The molecular formula is C21H26O5. The molecule has 1 fully saturated rings. The van der Waals surface area contributed by atoms with Gasteiger partial charge < -0.3 is 24.8 Å². The Labute approximate surface area is 153 Å². The second-order valence-electron chi connectivity index (χ2n) is 6.76. The average molecular weight is 358 g/mol. The van der Waals surface area contributed by atoms with Crippen molar-refractivity contribution in [2.24, 2.45) is 5.92 Å². The summed E-state index contributed by atoms with van der Waals surface area (Å²) in [6.07, 6.45) is -2.90. The molecule has 1 saturated carbocycles. The second-order valence-corrected chi connectivity index (χ2v) is 6.76. The first-order valence-electron chi connectivity index (χ1n) is 8.97. The monoisotopic (exact) mass is 358 g/mol. The predicted octanol–water partition coefficient (Wildman–Crippen LogP) is 1.89. The van der Waals surface area contributed by atoms with E-state index in [0.717, 1.165) is 11.1 Å². The third kappa shape index (κ3) is 4.69. The van der Waals surface area contributed by atoms with Crippen LogP contribution in [0.4, 0.5) is 0 Å². The number of rotatable bonds is 7. The topological polar surface area (TPSA) is 79.2 Å². The molecule has 1 aliphatic carbocycles. The summed E-state index contributed by atoms with van der Waals surface area (Å²) in [7, 11) is 0. The van der Waals surface area contributed by atoms with E-state index in [1.54, 1.807) is 0 Å². The van der Waals surface area contributed by atoms with E-state index in [2.05, 4.69) is 0 Å². The molecule has 0 saturated heterocycles. The minimum atomic E-state index is -1.11. The summed E-state index contributed by atoms with van der Waals surface area (Å²) in [5.41, 5.74) is 1.98. The predicted molar refractivity (Wildman–Crippen MR) is 97.2 cm³/mol. The molecule has 5 atom stereocenters. The second kappa shape index (κ2) is 9.26. The van der Waals surface area contributed by atoms with Crippen molar-refractivity contribution in [3.05, 3.63) is 71.8 Å². The highest BCUT2D eigenvalue weighted by molar-refractivity contribution is 5.14. The number of aliphatic hydroxyl groups is 3. The number of benzene rings is 2. The standard InChI is InChI=1S/C21H26O5/c22-12-17-11-18(25-13-15-7-3-1-4-8-15)19(23)20(24)21(17)26-14-16-9-5-2-6-10-16/h1-10,17-24H,11-14H2/t17-,18-,19-,20+,21-/m1/s1. The first-order chi connectivity index (χ1) is 12.7. The van der Waals surface area contributed by atoms with Gasteiger partial charge >= 0.3 is 0 Å². The maximum absolute atomic E-state index is 10.5. The molecular weight excluding hydrogens is 332 g/mol. The molecule has 26 heavy (non-hydrogen) atoms. The van der Waals surface area contributed by atoms with Gasteiger partial charge in [0.25, 0.3) is 0 Å². The van der Waals surface area contributed by atoms with Crippen LogP contribution in [0.5, 0.6) is 0 Å². The zero-order valence-corrected chi connectivity index (χ0v) is 14.6. The van der Waals surface area contributed by atoms with Crippen molar-refractivity contribution in [2.45, 2.75) is 44.1 Å². The SMILES string of the molecule is OC[C@H]1C[C@@H](OCc2ccccc2)[C@@H](O)[C@H](O)[C@@H]1OCc1ccccc1. The summed E-state index contributed by atoms with van der Waals surface area (Å²) in [4.78, 5) is 0. The Hall–Kier alpha value is -1.76. The third-order valence-corrected chi connectivity index (χ3v) is 4.89. The lowest BCUT2D eigenvalue weighted by Gasteiger charge is -2.41. The van der Waals surface area contributed by atoms with Gasteiger partial charge in [0.1, 0.15) is 12.2 Å². The largest absolute Gasteiger partial charge is 0.396 e. The number of hydrogen-bond donors (Lipinski definition) is 3. The van der Waals surface area contributed by atoms with Crippen molar-refractivity contribution in [2.75, 3.05) is 6.61 Å². The van der Waals surface area contributed by atoms with E-state index >= 15 is 0 Å². The average Bonchev–Trinajstić information content (AvgIpc) is 2.69. The summed E-state index contributed by atoms with van der Waals surface area (Å²) in [5.74, 6) is -0.294. The van der Waals surface area contributed by atoms with Gasteiger partial charge in [-0.1, -0.05) is 60.7 Å². The van der Waals surface area contributed by atoms with Gasteiger partial charge in [0.2, 0.25) is 0 Å². The van der Waals surface area contributed by atoms with Crippen molar-refractivity contribution >= 4 is 0 Å². The molecule has 0 amide bonds. The van der Waals surface area contributed by atoms with Crippen LogP contribution in [-0.4, -0.2) is 46.3 Å². The van der Waals surface area contributed by atoms with Crippen molar-refractivity contribution < 1.29 is 24.8 Å². The van der Waals surface area contributed by atoms with Gasteiger partial charge in [0.05, 0.1) is 25.4 Å². The summed E-state index contributed by atoms with van der Waals surface area (Å²) in [6, 6.07) is 19.3. The maximum atomic E-state index is 10.5. The first kappa shape index (κ1) is 19.0. The van der Waals surface area contributed by atoms with Gasteiger partial charge in [-0.05, 0) is 17.5 Å². The highest BCUT2D eigenvalue weighted by atomic mass is 16.5. The fourth-order valence-corrected chi connectivity index (χ4v) is 3.39. The van der Waals surface area contributed by atoms with Crippen LogP contribution in [0.3, 0.4) is 0 Å². The maximum Gasteiger partial charge on any atom is 0.109 e. The molecule has 1 aliphatic rings. The van der Waals surface area contributed by atoms with Gasteiger partial charge in [-0.3, -0.25) is 0 Å². The van der Waals surface area contributed by atoms with Gasteiger partial charge in [0, 0.05) is 12.5 Å². The molecule has 140 valence electrons. The molecule has 5 nitrogen and oxygen atoms in total. The molecule has 3 rings (SSSR count). The van der Waals surface area contributed by atoms with E-state index in [-0.39, 0.29) is 12.5 Å². The lowest BCUT2D eigenvalue weighted by Crippen LogP contribution is -2.56. The molecule has 0 aromatic heterocycles. The smallest absolute Gasteiger partial charge is 0.109 e. The van der Waals surface area contributed by atoms with Crippen molar-refractivity contribution in [1.29, 1.82) is 0 Å². The van der Waals surface area contributed by atoms with Crippen LogP contribution in [0.2, 0.25) is 0 Å². The van der Waals surface area contributed by atoms with E-state index < -0.39 is 24.4 Å². The minimum Gasteiger partial charge on any atom is -0.396 e. The van der Waals surface area contributed by atoms with E-state index in [0.29, 0.717) is 19.6 Å². The molecule has 2 aromatic carbocycles. The highest BCUT2D eigenvalue weighted by Gasteiger charge is 2.44. The van der Waals surface area contributed by atoms with E-state index in [1.165, 1.54) is 0 Å². The van der Waals surface area contributed by atoms with Crippen LogP contribution in [0.1, 0.15) is 17.5 Å². The Kier molecular flexibility index (Phi) is 6.77. The lowest BCUT2D eigenvalue weighted by molar-refractivity contribution is -0.198. The Balaban J connectivity index is 1.59. The lowest BCUT2D eigenvalue weighted by atomic mass is 9.81. The molecule has 2 aromatic rings. The Bertz CT molecular complexity index is 646. The van der Waals surface area contributed by atoms with Crippen LogP contribution in [0.15, 0.2) is 60.7 Å². The van der Waals surface area contributed by atoms with Crippen LogP contribution < -0.4 is 0 Å². The fraction of sp³-hybridized carbons (Fsp3) is 0.429. The van der Waals surface area contributed by atoms with Gasteiger partial charge in [-0.25, -0.2) is 0 Å². The van der Waals surface area contributed by atoms with E-state index in [4.69, 9.17) is 9.47 Å². The zero-order valence-electron chi connectivity index (χ0n) is 14.6. The van der Waals surface area contributed by atoms with Gasteiger partial charge in [-0.15, -0.1) is 0 Å². The molecule has 5 heteroatoms. The molecule has 0 heterocycles. The molecule has 3 N–H and O–H groups in total. The van der Waals surface area contributed by atoms with Crippen molar-refractivity contribution in [1.82, 2.24) is 0 Å². The minimum absolute atomic E-state index is 0.131. The Morgan fingerprint density at radius 1 is 0.769 bits per heavy atom.